The fourth-order valence-corrected chi connectivity index (χ4v) is 4.58. The van der Waals surface area contributed by atoms with E-state index in [1.54, 1.807) is 20.8 Å². The van der Waals surface area contributed by atoms with Crippen molar-refractivity contribution in [1.29, 1.82) is 0 Å². The van der Waals surface area contributed by atoms with Gasteiger partial charge in [-0.05, 0) is 27.2 Å². The molecule has 20 heavy (non-hydrogen) atoms. The van der Waals surface area contributed by atoms with Gasteiger partial charge in [-0.15, -0.1) is 0 Å². The molecule has 0 aliphatic carbocycles. The van der Waals surface area contributed by atoms with Gasteiger partial charge in [0.25, 0.3) is 0 Å². The van der Waals surface area contributed by atoms with Gasteiger partial charge in [0.05, 0.1) is 23.5 Å². The van der Waals surface area contributed by atoms with Crippen LogP contribution in [0.4, 0.5) is 0 Å². The number of hydrogen-bond donors (Lipinski definition) is 0. The van der Waals surface area contributed by atoms with Crippen LogP contribution < -0.4 is 0 Å². The van der Waals surface area contributed by atoms with Crippen molar-refractivity contribution in [1.82, 2.24) is 0 Å². The number of rotatable bonds is 11. The molecule has 0 radical (unpaired) electrons. The van der Waals surface area contributed by atoms with Crippen molar-refractivity contribution in [2.24, 2.45) is 0 Å². The molecule has 0 aliphatic rings. The van der Waals surface area contributed by atoms with Crippen molar-refractivity contribution in [3.8, 4) is 0 Å². The number of ether oxygens (including phenoxy) is 1. The molecule has 0 saturated carbocycles. The Labute approximate surface area is 123 Å². The molecule has 0 aromatic carbocycles. The van der Waals surface area contributed by atoms with Crippen molar-refractivity contribution in [2.75, 3.05) is 0 Å². The predicted octanol–water partition coefficient (Wildman–Crippen LogP) is 4.44. The summed E-state index contributed by atoms with van der Waals surface area (Å²) >= 11 is 0. The lowest BCUT2D eigenvalue weighted by Crippen LogP contribution is -2.56. The second kappa shape index (κ2) is 8.53. The number of hydrogen-bond acceptors (Lipinski definition) is 4. The zero-order valence-corrected chi connectivity index (χ0v) is 14.0. The Morgan fingerprint density at radius 1 is 1.00 bits per heavy atom. The van der Waals surface area contributed by atoms with Gasteiger partial charge in [0.1, 0.15) is 0 Å². The molecular weight excluding hydrogens is 272 g/mol. The Kier molecular flexibility index (Phi) is 7.84. The van der Waals surface area contributed by atoms with Crippen LogP contribution in [-0.4, -0.2) is 14.5 Å². The Morgan fingerprint density at radius 3 is 1.65 bits per heavy atom. The summed E-state index contributed by atoms with van der Waals surface area (Å²) < 4.78 is 23.1. The summed E-state index contributed by atoms with van der Waals surface area (Å²) in [5, 5.41) is 0. The van der Waals surface area contributed by atoms with Gasteiger partial charge in [0.2, 0.25) is 5.73 Å². The van der Waals surface area contributed by atoms with E-state index in [4.69, 9.17) is 18.0 Å². The lowest BCUT2D eigenvalue weighted by Gasteiger charge is -2.35. The monoisotopic (exact) mass is 298 g/mol. The van der Waals surface area contributed by atoms with Crippen LogP contribution in [0.5, 0.6) is 0 Å². The van der Waals surface area contributed by atoms with E-state index >= 15 is 0 Å². The van der Waals surface area contributed by atoms with Gasteiger partial charge in [-0.25, -0.2) is 0 Å². The first-order chi connectivity index (χ1) is 9.27. The standard InChI is InChI=1S/C15H26O4Si/c1-9-11-15(16-10-2)20(17-12(3)4,18-13(5)6)19-14(7)8/h10,15H,2-3,5,7,9,11H2,1,4,6,8H3. The van der Waals surface area contributed by atoms with Gasteiger partial charge >= 0.3 is 8.80 Å². The summed E-state index contributed by atoms with van der Waals surface area (Å²) in [6.45, 7) is 22.2. The van der Waals surface area contributed by atoms with Gasteiger partial charge in [-0.3, -0.25) is 0 Å². The molecular formula is C15H26O4Si. The van der Waals surface area contributed by atoms with Crippen LogP contribution in [0.3, 0.4) is 0 Å². The summed E-state index contributed by atoms with van der Waals surface area (Å²) in [6.07, 6.45) is 2.95. The summed E-state index contributed by atoms with van der Waals surface area (Å²) in [7, 11) is -3.25. The van der Waals surface area contributed by atoms with E-state index in [-0.39, 0.29) is 0 Å². The van der Waals surface area contributed by atoms with Crippen LogP contribution in [0.1, 0.15) is 40.5 Å². The van der Waals surface area contributed by atoms with E-state index in [0.29, 0.717) is 23.7 Å². The van der Waals surface area contributed by atoms with Crippen LogP contribution in [0.2, 0.25) is 0 Å². The topological polar surface area (TPSA) is 36.9 Å². The van der Waals surface area contributed by atoms with Crippen LogP contribution in [0.25, 0.3) is 0 Å². The Hall–Kier alpha value is -1.62. The molecule has 0 saturated heterocycles. The van der Waals surface area contributed by atoms with E-state index in [1.165, 1.54) is 6.26 Å². The Bertz CT molecular complexity index is 335. The molecule has 0 spiro atoms. The zero-order chi connectivity index (χ0) is 15.8. The molecule has 0 aromatic rings. The van der Waals surface area contributed by atoms with E-state index in [9.17, 15) is 0 Å². The third-order valence-electron chi connectivity index (χ3n) is 2.16. The van der Waals surface area contributed by atoms with Crippen molar-refractivity contribution in [3.05, 3.63) is 49.9 Å². The van der Waals surface area contributed by atoms with Crippen LogP contribution in [0, 0.1) is 0 Å². The van der Waals surface area contributed by atoms with Crippen LogP contribution in [0.15, 0.2) is 49.9 Å². The third kappa shape index (κ3) is 6.01. The minimum absolute atomic E-state index is 0.393. The minimum atomic E-state index is -3.25. The van der Waals surface area contributed by atoms with Crippen LogP contribution in [-0.2, 0) is 18.0 Å². The molecule has 114 valence electrons. The smallest absolute Gasteiger partial charge is 0.490 e. The first-order valence-electron chi connectivity index (χ1n) is 6.57. The summed E-state index contributed by atoms with van der Waals surface area (Å²) in [5.41, 5.74) is -0.393. The maximum Gasteiger partial charge on any atom is 0.741 e. The second-order valence-corrected chi connectivity index (χ2v) is 7.06. The van der Waals surface area contributed by atoms with Gasteiger partial charge < -0.3 is 18.0 Å². The summed E-state index contributed by atoms with van der Waals surface area (Å²) in [6, 6.07) is 0. The van der Waals surface area contributed by atoms with E-state index in [0.717, 1.165) is 6.42 Å². The molecule has 0 N–H and O–H groups in total. The highest BCUT2D eigenvalue weighted by Crippen LogP contribution is 2.28. The highest BCUT2D eigenvalue weighted by molar-refractivity contribution is 6.63. The largest absolute Gasteiger partial charge is 0.741 e. The lowest BCUT2D eigenvalue weighted by atomic mass is 10.4. The highest BCUT2D eigenvalue weighted by atomic mass is 28.4. The first kappa shape index (κ1) is 18.4. The highest BCUT2D eigenvalue weighted by Gasteiger charge is 2.58. The minimum Gasteiger partial charge on any atom is -0.490 e. The molecule has 0 rings (SSSR count). The molecule has 0 heterocycles. The van der Waals surface area contributed by atoms with Crippen molar-refractivity contribution < 1.29 is 18.0 Å². The normalized spacial score (nSPS) is 12.0. The van der Waals surface area contributed by atoms with Crippen LogP contribution >= 0.6 is 0 Å². The second-order valence-electron chi connectivity index (χ2n) is 4.60. The fourth-order valence-electron chi connectivity index (χ4n) is 1.69. The first-order valence-corrected chi connectivity index (χ1v) is 8.37. The zero-order valence-electron chi connectivity index (χ0n) is 13.0. The maximum atomic E-state index is 5.83. The maximum absolute atomic E-state index is 5.83. The Balaban J connectivity index is 5.60. The Morgan fingerprint density at radius 2 is 1.40 bits per heavy atom. The molecule has 5 heteroatoms. The van der Waals surface area contributed by atoms with E-state index in [2.05, 4.69) is 26.3 Å². The average molecular weight is 298 g/mol. The predicted molar refractivity (Wildman–Crippen MR) is 83.4 cm³/mol. The fraction of sp³-hybridized carbons (Fsp3) is 0.467. The quantitative estimate of drug-likeness (QED) is 0.417. The van der Waals surface area contributed by atoms with Gasteiger partial charge in [-0.2, -0.15) is 0 Å². The van der Waals surface area contributed by atoms with Gasteiger partial charge in [0.15, 0.2) is 0 Å². The van der Waals surface area contributed by atoms with Crippen molar-refractivity contribution in [3.63, 3.8) is 0 Å². The molecule has 1 unspecified atom stereocenters. The summed E-state index contributed by atoms with van der Waals surface area (Å²) in [4.78, 5) is 0. The molecule has 0 aliphatic heterocycles. The van der Waals surface area contributed by atoms with Gasteiger partial charge in [0, 0.05) is 0 Å². The SMILES string of the molecule is C=COC(CCC)[Si](OC(=C)C)(OC(=C)C)OC(=C)C. The molecule has 0 amide bonds. The summed E-state index contributed by atoms with van der Waals surface area (Å²) in [5.74, 6) is 1.48. The van der Waals surface area contributed by atoms with E-state index < -0.39 is 14.5 Å². The molecule has 0 fully saturated rings. The average Bonchev–Trinajstić information content (AvgIpc) is 2.25. The van der Waals surface area contributed by atoms with Crippen molar-refractivity contribution in [2.45, 2.75) is 46.3 Å². The molecule has 0 bridgehead atoms. The van der Waals surface area contributed by atoms with Crippen molar-refractivity contribution >= 4 is 8.80 Å². The number of allylic oxidation sites excluding steroid dienone is 3. The molecule has 1 atom stereocenters. The molecule has 4 nitrogen and oxygen atoms in total. The molecule has 0 aromatic heterocycles. The van der Waals surface area contributed by atoms with E-state index in [1.807, 2.05) is 6.92 Å². The van der Waals surface area contributed by atoms with Gasteiger partial charge in [-0.1, -0.05) is 39.7 Å². The third-order valence-corrected chi connectivity index (χ3v) is 5.27. The lowest BCUT2D eigenvalue weighted by molar-refractivity contribution is 0.0606.